The standard InChI is InChI=1S/C107H116N4/c1-5-7-9-11-21-40-72-107(73-41-22-12-10-8-6-2)99-77-83(44-26-19-15-13-17-24-42-81-58-61-86(62-59-81)108(85-46-28-23-29-47-85)87-63-65-88(66-64-87)109-101-53-35-30-48-91(101)92-49-31-36-54-102(92)109)79(3)74-96(99)97-75-80(4)84(78-100(97)107)45-27-20-16-14-18-25-43-82-60-71-106-98(76-82)95-52-34-39-57-105(95)111(106)90-69-67-89(68-70-90)110-103-55-37-32-50-93(103)94-51-33-38-56-104(94)110/h23,28-39,46-71,74-78H,5-22,24-27,40-45,72-73H2,1-4H3. The van der Waals surface area contributed by atoms with Crippen LogP contribution in [0.4, 0.5) is 17.1 Å². The van der Waals surface area contributed by atoms with E-state index in [1.54, 1.807) is 33.4 Å². The molecule has 0 unspecified atom stereocenters. The molecule has 0 bridgehead atoms. The van der Waals surface area contributed by atoms with Gasteiger partial charge in [0.25, 0.3) is 0 Å². The minimum Gasteiger partial charge on any atom is -0.311 e. The molecule has 0 amide bonds. The van der Waals surface area contributed by atoms with Crippen molar-refractivity contribution < 1.29 is 0 Å². The molecule has 0 spiro atoms. The second-order valence-corrected chi connectivity index (χ2v) is 32.8. The van der Waals surface area contributed by atoms with Gasteiger partial charge in [0.15, 0.2) is 0 Å². The minimum absolute atomic E-state index is 0.0962. The Morgan fingerprint density at radius 3 is 0.973 bits per heavy atom. The normalized spacial score (nSPS) is 12.6. The van der Waals surface area contributed by atoms with Crippen molar-refractivity contribution in [3.8, 4) is 28.2 Å². The molecule has 15 aromatic rings. The lowest BCUT2D eigenvalue weighted by Gasteiger charge is -2.34. The van der Waals surface area contributed by atoms with E-state index in [0.29, 0.717) is 0 Å². The van der Waals surface area contributed by atoms with Crippen molar-refractivity contribution in [1.29, 1.82) is 0 Å². The number of aromatic nitrogens is 3. The Bertz CT molecular complexity index is 5480. The maximum absolute atomic E-state index is 2.79. The molecule has 0 atom stereocenters. The van der Waals surface area contributed by atoms with Gasteiger partial charge in [0.2, 0.25) is 0 Å². The molecule has 564 valence electrons. The summed E-state index contributed by atoms with van der Waals surface area (Å²) in [6.45, 7) is 9.58. The van der Waals surface area contributed by atoms with Gasteiger partial charge in [-0.25, -0.2) is 0 Å². The van der Waals surface area contributed by atoms with E-state index in [4.69, 9.17) is 0 Å². The predicted octanol–water partition coefficient (Wildman–Crippen LogP) is 31.1. The number of unbranched alkanes of at least 4 members (excludes halogenated alkanes) is 20. The molecule has 3 heterocycles. The van der Waals surface area contributed by atoms with Gasteiger partial charge < -0.3 is 18.6 Å². The summed E-state index contributed by atoms with van der Waals surface area (Å²) in [5.74, 6) is 0. The number of hydrogen-bond acceptors (Lipinski definition) is 1. The molecule has 111 heavy (non-hydrogen) atoms. The van der Waals surface area contributed by atoms with E-state index in [1.165, 1.54) is 290 Å². The summed E-state index contributed by atoms with van der Waals surface area (Å²) in [4.78, 5) is 2.39. The van der Waals surface area contributed by atoms with Crippen LogP contribution < -0.4 is 4.90 Å². The van der Waals surface area contributed by atoms with E-state index >= 15 is 0 Å². The highest BCUT2D eigenvalue weighted by molar-refractivity contribution is 6.11. The average Bonchev–Trinajstić information content (AvgIpc) is 1.78. The van der Waals surface area contributed by atoms with Crippen molar-refractivity contribution >= 4 is 82.5 Å². The van der Waals surface area contributed by atoms with Gasteiger partial charge in [-0.05, 0) is 249 Å². The van der Waals surface area contributed by atoms with E-state index in [1.807, 2.05) is 0 Å². The van der Waals surface area contributed by atoms with Gasteiger partial charge in [0.1, 0.15) is 0 Å². The summed E-state index contributed by atoms with van der Waals surface area (Å²) in [6, 6.07) is 101. The summed E-state index contributed by atoms with van der Waals surface area (Å²) >= 11 is 0. The van der Waals surface area contributed by atoms with Crippen LogP contribution >= 0.6 is 0 Å². The van der Waals surface area contributed by atoms with Gasteiger partial charge in [-0.1, -0.05) is 294 Å². The van der Waals surface area contributed by atoms with Gasteiger partial charge in [-0.3, -0.25) is 0 Å². The lowest BCUT2D eigenvalue weighted by Crippen LogP contribution is -2.26. The first kappa shape index (κ1) is 74.9. The highest BCUT2D eigenvalue weighted by atomic mass is 15.1. The van der Waals surface area contributed by atoms with Crippen LogP contribution in [0.2, 0.25) is 0 Å². The van der Waals surface area contributed by atoms with Crippen LogP contribution in [0, 0.1) is 13.8 Å². The fourth-order valence-electron chi connectivity index (χ4n) is 19.4. The lowest BCUT2D eigenvalue weighted by molar-refractivity contribution is 0.397. The number of fused-ring (bicyclic) bond motifs is 12. The van der Waals surface area contributed by atoms with Crippen molar-refractivity contribution in [2.75, 3.05) is 4.90 Å². The van der Waals surface area contributed by atoms with Crippen LogP contribution in [0.25, 0.3) is 93.6 Å². The van der Waals surface area contributed by atoms with Crippen molar-refractivity contribution in [3.63, 3.8) is 0 Å². The SMILES string of the molecule is CCCCCCCCC1(CCCCCCCC)c2cc(CCCCCCCCc3ccc(N(c4ccccc4)c4ccc(-n5c6ccccc6c6ccccc65)cc4)cc3)c(C)cc2-c2cc(C)c(CCCCCCCCc3ccc4c(c3)c3ccccc3n4-c3ccc(-n4c5ccccc5c5ccccc54)cc3)cc21. The van der Waals surface area contributed by atoms with E-state index < -0.39 is 0 Å². The molecule has 4 nitrogen and oxygen atoms in total. The molecule has 0 saturated carbocycles. The summed E-state index contributed by atoms with van der Waals surface area (Å²) in [6.07, 6.45) is 38.8. The van der Waals surface area contributed by atoms with Crippen LogP contribution in [0.5, 0.6) is 0 Å². The van der Waals surface area contributed by atoms with Gasteiger partial charge in [-0.2, -0.15) is 0 Å². The van der Waals surface area contributed by atoms with Crippen LogP contribution in [0.15, 0.2) is 267 Å². The topological polar surface area (TPSA) is 18.0 Å². The Morgan fingerprint density at radius 2 is 0.559 bits per heavy atom. The van der Waals surface area contributed by atoms with Gasteiger partial charge >= 0.3 is 0 Å². The Labute approximate surface area is 662 Å². The Morgan fingerprint density at radius 1 is 0.252 bits per heavy atom. The molecule has 1 aliphatic rings. The number of para-hydroxylation sites is 6. The quantitative estimate of drug-likeness (QED) is 0.0353. The van der Waals surface area contributed by atoms with E-state index in [9.17, 15) is 0 Å². The smallest absolute Gasteiger partial charge is 0.0541 e. The van der Waals surface area contributed by atoms with Crippen molar-refractivity contribution in [2.24, 2.45) is 0 Å². The summed E-state index contributed by atoms with van der Waals surface area (Å²) in [5, 5.41) is 7.83. The summed E-state index contributed by atoms with van der Waals surface area (Å²) in [7, 11) is 0. The monoisotopic (exact) mass is 1460 g/mol. The largest absolute Gasteiger partial charge is 0.311 e. The van der Waals surface area contributed by atoms with Crippen molar-refractivity contribution in [2.45, 2.75) is 226 Å². The van der Waals surface area contributed by atoms with E-state index in [2.05, 4.69) is 313 Å². The number of nitrogens with zero attached hydrogens (tertiary/aromatic N) is 4. The molecule has 4 heteroatoms. The highest BCUT2D eigenvalue weighted by Gasteiger charge is 2.43. The van der Waals surface area contributed by atoms with Crippen LogP contribution in [0.1, 0.15) is 225 Å². The zero-order chi connectivity index (χ0) is 75.3. The Hall–Kier alpha value is -10.2. The second kappa shape index (κ2) is 35.5. The second-order valence-electron chi connectivity index (χ2n) is 32.8. The number of benzene rings is 12. The molecule has 0 radical (unpaired) electrons. The molecule has 12 aromatic carbocycles. The van der Waals surface area contributed by atoms with Crippen molar-refractivity contribution in [1.82, 2.24) is 13.7 Å². The molecular formula is C107H116N4. The number of rotatable bonds is 38. The molecule has 1 aliphatic carbocycles. The fourth-order valence-corrected chi connectivity index (χ4v) is 19.4. The number of anilines is 3. The molecule has 0 aliphatic heterocycles. The first-order valence-electron chi connectivity index (χ1n) is 43.3. The third-order valence-electron chi connectivity index (χ3n) is 25.3. The molecular weight excluding hydrogens is 1340 g/mol. The van der Waals surface area contributed by atoms with Crippen molar-refractivity contribution in [3.05, 3.63) is 311 Å². The maximum atomic E-state index is 2.79. The maximum Gasteiger partial charge on any atom is 0.0541 e. The molecule has 3 aromatic heterocycles. The average molecular weight is 1460 g/mol. The van der Waals surface area contributed by atoms with Gasteiger partial charge in [0, 0.05) is 71.9 Å². The third-order valence-corrected chi connectivity index (χ3v) is 25.3. The molecule has 0 saturated heterocycles. The van der Waals surface area contributed by atoms with E-state index in [-0.39, 0.29) is 5.41 Å². The van der Waals surface area contributed by atoms with Gasteiger partial charge in [-0.15, -0.1) is 0 Å². The summed E-state index contributed by atoms with van der Waals surface area (Å²) < 4.78 is 7.27. The van der Waals surface area contributed by atoms with Crippen LogP contribution in [-0.4, -0.2) is 13.7 Å². The minimum atomic E-state index is 0.0962. The molecule has 16 rings (SSSR count). The van der Waals surface area contributed by atoms with Crippen LogP contribution in [-0.2, 0) is 31.1 Å². The Balaban J connectivity index is 0.531. The fraction of sp³-hybridized carbons (Fsp3) is 0.327. The third kappa shape index (κ3) is 16.1. The predicted molar refractivity (Wildman–Crippen MR) is 479 cm³/mol. The molecule has 0 N–H and O–H groups in total. The number of hydrogen-bond donors (Lipinski definition) is 0. The lowest BCUT2D eigenvalue weighted by atomic mass is 9.69. The van der Waals surface area contributed by atoms with Gasteiger partial charge in [0.05, 0.1) is 33.1 Å². The highest BCUT2D eigenvalue weighted by Crippen LogP contribution is 2.56. The zero-order valence-corrected chi connectivity index (χ0v) is 66.9. The first-order valence-corrected chi connectivity index (χ1v) is 43.3. The summed E-state index contributed by atoms with van der Waals surface area (Å²) in [5.41, 5.74) is 30.2. The first-order chi connectivity index (χ1) is 54.8. The Kier molecular flexibility index (Phi) is 23.9. The van der Waals surface area contributed by atoms with E-state index in [0.717, 1.165) is 24.2 Å². The molecule has 0 fully saturated rings. The van der Waals surface area contributed by atoms with Crippen LogP contribution in [0.3, 0.4) is 0 Å². The zero-order valence-electron chi connectivity index (χ0n) is 66.9. The number of aryl methyl sites for hydroxylation is 6.